The standard InChI is InChI=1S/C48H30N2O.C48H30N2S.C42H26N2O/c1-2-12-31(13-3-1)35-14-4-8-18-42(35)50-44-20-10-6-16-37(44)41-29-33(23-27-46(41)50)32-22-26-45-40(28-32)36-15-5-9-19-43(36)49(45)34-24-25-39-38-17-7-11-21-47(38)51-48(39)30-34;1-2-11-31(12-3-1)32-13-10-14-35(27-32)49-43-18-7-4-15-37(43)41-28-33(21-25-45(41)49)34-22-26-46-42(29-34)38-16-5-8-19-44(38)50(46)36-23-24-40-39-17-6-9-20-47(39)51-48(40)30-36;1-2-11-29(12-3-1)43-36-17-7-4-13-30(36)34-25-27(21-23-38(34)43)28-22-24-39-35(26-28)31-14-5-8-18-37(31)44(39)40-19-10-16-33-32-15-6-9-20-41(32)45-42(33)40/h2*1-30H;1-26H. The van der Waals surface area contributed by atoms with Crippen molar-refractivity contribution in [1.82, 2.24) is 27.4 Å². The van der Waals surface area contributed by atoms with E-state index in [-0.39, 0.29) is 0 Å². The Morgan fingerprint density at radius 1 is 0.136 bits per heavy atom. The highest BCUT2D eigenvalue weighted by Gasteiger charge is 2.26. The molecule has 32 aromatic rings. The van der Waals surface area contributed by atoms with Crippen molar-refractivity contribution in [3.8, 4) is 89.8 Å². The average molecular weight is 1890 g/mol. The van der Waals surface area contributed by atoms with Gasteiger partial charge in [-0.15, -0.1) is 11.3 Å². The fourth-order valence-corrected chi connectivity index (χ4v) is 24.9. The van der Waals surface area contributed by atoms with Crippen molar-refractivity contribution in [2.24, 2.45) is 0 Å². The maximum atomic E-state index is 6.49. The second kappa shape index (κ2) is 33.7. The summed E-state index contributed by atoms with van der Waals surface area (Å²) in [6.07, 6.45) is 0. The fraction of sp³-hybridized carbons (Fsp3) is 0. The first-order valence-corrected chi connectivity index (χ1v) is 51.0. The van der Waals surface area contributed by atoms with Crippen LogP contribution in [-0.4, -0.2) is 27.4 Å². The van der Waals surface area contributed by atoms with Crippen LogP contribution in [0.5, 0.6) is 0 Å². The number of rotatable bonds is 11. The van der Waals surface area contributed by atoms with Crippen LogP contribution in [-0.2, 0) is 0 Å². The largest absolute Gasteiger partial charge is 0.456 e. The van der Waals surface area contributed by atoms with E-state index in [0.29, 0.717) is 0 Å². The molecule has 0 radical (unpaired) electrons. The molecule has 686 valence electrons. The smallest absolute Gasteiger partial charge is 0.159 e. The maximum absolute atomic E-state index is 6.49. The summed E-state index contributed by atoms with van der Waals surface area (Å²) in [4.78, 5) is 0. The molecule has 23 aromatic carbocycles. The lowest BCUT2D eigenvalue weighted by molar-refractivity contribution is 0.666. The third-order valence-electron chi connectivity index (χ3n) is 30.4. The first kappa shape index (κ1) is 83.5. The van der Waals surface area contributed by atoms with Gasteiger partial charge in [-0.1, -0.05) is 328 Å². The molecule has 8 nitrogen and oxygen atoms in total. The number of fused-ring (bicyclic) bond motifs is 27. The molecule has 9 heterocycles. The van der Waals surface area contributed by atoms with Crippen LogP contribution in [0.2, 0.25) is 0 Å². The summed E-state index contributed by atoms with van der Waals surface area (Å²) in [6, 6.07) is 189. The third kappa shape index (κ3) is 13.4. The Hall–Kier alpha value is -19.3. The van der Waals surface area contributed by atoms with Crippen molar-refractivity contribution in [1.29, 1.82) is 0 Å². The normalized spacial score (nSPS) is 11.9. The molecule has 9 heteroatoms. The van der Waals surface area contributed by atoms with Gasteiger partial charge in [-0.25, -0.2) is 0 Å². The molecule has 147 heavy (non-hydrogen) atoms. The summed E-state index contributed by atoms with van der Waals surface area (Å²) in [5.74, 6) is 0. The molecule has 0 atom stereocenters. The zero-order valence-corrected chi connectivity index (χ0v) is 80.4. The topological polar surface area (TPSA) is 55.9 Å². The van der Waals surface area contributed by atoms with Crippen molar-refractivity contribution in [2.75, 3.05) is 0 Å². The molecule has 0 bridgehead atoms. The SMILES string of the molecule is c1ccc(-c2cccc(-n3c4ccccc4c4cc(-c5ccc6c(c5)c5ccccc5n6-c5ccc6c(c5)sc5ccccc56)ccc43)c2)cc1.c1ccc(-c2ccccc2-n2c3ccccc3c3cc(-c4ccc5c(c4)c4ccccc4n5-c4ccc5c(c4)oc4ccccc45)ccc32)cc1.c1ccc(-n2c3ccccc3c3cc(-c4ccc5c(c4)c4ccccc4n5-c4cccc5c4oc4ccccc45)ccc32)cc1. The monoisotopic (exact) mass is 1890 g/mol. The van der Waals surface area contributed by atoms with Crippen LogP contribution in [0, 0.1) is 0 Å². The fourth-order valence-electron chi connectivity index (χ4n) is 23.7. The van der Waals surface area contributed by atoms with E-state index in [0.717, 1.165) is 60.8 Å². The molecular formula is C138H86N6O2S. The van der Waals surface area contributed by atoms with Crippen LogP contribution in [0.15, 0.2) is 531 Å². The summed E-state index contributed by atoms with van der Waals surface area (Å²) in [5, 5.41) is 22.2. The molecule has 0 aliphatic carbocycles. The molecule has 0 amide bonds. The van der Waals surface area contributed by atoms with Gasteiger partial charge in [0.15, 0.2) is 5.58 Å². The Morgan fingerprint density at radius 2 is 0.429 bits per heavy atom. The third-order valence-corrected chi connectivity index (χ3v) is 31.5. The zero-order chi connectivity index (χ0) is 96.4. The van der Waals surface area contributed by atoms with Crippen LogP contribution < -0.4 is 0 Å². The molecule has 0 spiro atoms. The molecule has 9 aromatic heterocycles. The van der Waals surface area contributed by atoms with E-state index >= 15 is 0 Å². The number of furan rings is 2. The predicted octanol–water partition coefficient (Wildman–Crippen LogP) is 38.1. The van der Waals surface area contributed by atoms with Gasteiger partial charge < -0.3 is 36.2 Å². The molecule has 0 aliphatic rings. The van der Waals surface area contributed by atoms with Crippen molar-refractivity contribution in [3.63, 3.8) is 0 Å². The first-order valence-electron chi connectivity index (χ1n) is 50.2. The molecule has 0 fully saturated rings. The van der Waals surface area contributed by atoms with E-state index in [1.807, 2.05) is 35.6 Å². The van der Waals surface area contributed by atoms with Gasteiger partial charge in [-0.3, -0.25) is 0 Å². The lowest BCUT2D eigenvalue weighted by Crippen LogP contribution is -1.97. The quantitative estimate of drug-likeness (QED) is 0.130. The van der Waals surface area contributed by atoms with E-state index in [2.05, 4.69) is 525 Å². The first-order chi connectivity index (χ1) is 72.9. The van der Waals surface area contributed by atoms with Gasteiger partial charge in [0, 0.05) is 141 Å². The minimum absolute atomic E-state index is 0.898. The minimum atomic E-state index is 0.898. The Bertz CT molecular complexity index is 11000. The highest BCUT2D eigenvalue weighted by molar-refractivity contribution is 7.25. The molecule has 0 N–H and O–H groups in total. The Kier molecular flexibility index (Phi) is 19.1. The van der Waals surface area contributed by atoms with Gasteiger partial charge in [0.25, 0.3) is 0 Å². The Balaban J connectivity index is 0.000000102. The second-order valence-corrected chi connectivity index (χ2v) is 39.5. The van der Waals surface area contributed by atoms with Crippen molar-refractivity contribution in [2.45, 2.75) is 0 Å². The zero-order valence-electron chi connectivity index (χ0n) is 79.6. The van der Waals surface area contributed by atoms with Gasteiger partial charge >= 0.3 is 0 Å². The number of hydrogen-bond acceptors (Lipinski definition) is 3. The van der Waals surface area contributed by atoms with Gasteiger partial charge in [0.2, 0.25) is 0 Å². The van der Waals surface area contributed by atoms with Gasteiger partial charge in [-0.2, -0.15) is 0 Å². The van der Waals surface area contributed by atoms with Crippen molar-refractivity contribution < 1.29 is 8.83 Å². The average Bonchev–Trinajstić information content (AvgIpc) is 1.57. The van der Waals surface area contributed by atoms with Crippen LogP contribution in [0.25, 0.3) is 285 Å². The highest BCUT2D eigenvalue weighted by Crippen LogP contribution is 2.48. The van der Waals surface area contributed by atoms with Gasteiger partial charge in [-0.05, 0) is 238 Å². The number of thiophene rings is 1. The van der Waals surface area contributed by atoms with Crippen LogP contribution in [0.3, 0.4) is 0 Å². The predicted molar refractivity (Wildman–Crippen MR) is 620 cm³/mol. The Morgan fingerprint density at radius 3 is 0.912 bits per heavy atom. The summed E-state index contributed by atoms with van der Waals surface area (Å²) >= 11 is 1.87. The number of para-hydroxylation sites is 11. The molecule has 0 saturated heterocycles. The molecule has 0 saturated carbocycles. The van der Waals surface area contributed by atoms with E-state index in [1.165, 1.54) is 224 Å². The van der Waals surface area contributed by atoms with E-state index in [4.69, 9.17) is 8.83 Å². The highest BCUT2D eigenvalue weighted by atomic mass is 32.1. The summed E-state index contributed by atoms with van der Waals surface area (Å²) < 4.78 is 29.8. The molecule has 32 rings (SSSR count). The van der Waals surface area contributed by atoms with Crippen LogP contribution in [0.1, 0.15) is 0 Å². The van der Waals surface area contributed by atoms with E-state index < -0.39 is 0 Å². The number of nitrogens with zero attached hydrogens (tertiary/aromatic N) is 6. The molecular weight excluding hydrogens is 1810 g/mol. The maximum Gasteiger partial charge on any atom is 0.159 e. The van der Waals surface area contributed by atoms with Crippen molar-refractivity contribution in [3.05, 3.63) is 522 Å². The number of hydrogen-bond donors (Lipinski definition) is 0. The lowest BCUT2D eigenvalue weighted by atomic mass is 10.0. The minimum Gasteiger partial charge on any atom is -0.456 e. The Labute approximate surface area is 847 Å². The summed E-state index contributed by atoms with van der Waals surface area (Å²) in [6.45, 7) is 0. The lowest BCUT2D eigenvalue weighted by Gasteiger charge is -2.14. The molecule has 0 unspecified atom stereocenters. The molecule has 0 aliphatic heterocycles. The van der Waals surface area contributed by atoms with Gasteiger partial charge in [0.1, 0.15) is 16.7 Å². The van der Waals surface area contributed by atoms with Gasteiger partial charge in [0.05, 0.1) is 77.6 Å². The summed E-state index contributed by atoms with van der Waals surface area (Å²) in [7, 11) is 0. The van der Waals surface area contributed by atoms with Crippen molar-refractivity contribution >= 4 is 206 Å². The summed E-state index contributed by atoms with van der Waals surface area (Å²) in [5.41, 5.74) is 36.9. The van der Waals surface area contributed by atoms with E-state index in [9.17, 15) is 0 Å². The van der Waals surface area contributed by atoms with E-state index in [1.54, 1.807) is 0 Å². The number of benzene rings is 23. The van der Waals surface area contributed by atoms with Crippen LogP contribution >= 0.6 is 11.3 Å². The van der Waals surface area contributed by atoms with Crippen LogP contribution in [0.4, 0.5) is 0 Å². The number of aromatic nitrogens is 6. The second-order valence-electron chi connectivity index (χ2n) is 38.5.